The van der Waals surface area contributed by atoms with Crippen LogP contribution in [0, 0.1) is 0 Å². The molecular formula is C15H19NO5. The molecule has 1 aliphatic heterocycles. The highest BCUT2D eigenvalue weighted by atomic mass is 16.5. The van der Waals surface area contributed by atoms with Crippen molar-refractivity contribution in [2.24, 2.45) is 0 Å². The van der Waals surface area contributed by atoms with Gasteiger partial charge in [0.1, 0.15) is 5.75 Å². The van der Waals surface area contributed by atoms with Crippen LogP contribution in [0.3, 0.4) is 0 Å². The smallest absolute Gasteiger partial charge is 0.334 e. The number of nitrogens with zero attached hydrogens (tertiary/aromatic N) is 1. The maximum absolute atomic E-state index is 12.0. The molecule has 0 spiro atoms. The number of carboxylic acid groups (broad SMARTS) is 1. The SMILES string of the molecule is CCc1cccc(OCC(=O)N2CCOC(C(=O)O)C2)c1. The molecule has 1 amide bonds. The molecule has 1 atom stereocenters. The Morgan fingerprint density at radius 2 is 2.29 bits per heavy atom. The summed E-state index contributed by atoms with van der Waals surface area (Å²) in [4.78, 5) is 24.4. The van der Waals surface area contributed by atoms with Crippen molar-refractivity contribution < 1.29 is 24.2 Å². The summed E-state index contributed by atoms with van der Waals surface area (Å²) in [6.45, 7) is 2.63. The summed E-state index contributed by atoms with van der Waals surface area (Å²) in [7, 11) is 0. The fourth-order valence-corrected chi connectivity index (χ4v) is 2.12. The molecule has 1 aromatic carbocycles. The van der Waals surface area contributed by atoms with Crippen molar-refractivity contribution in [1.29, 1.82) is 0 Å². The average Bonchev–Trinajstić information content (AvgIpc) is 2.53. The number of carboxylic acids is 1. The highest BCUT2D eigenvalue weighted by Crippen LogP contribution is 2.14. The van der Waals surface area contributed by atoms with E-state index in [-0.39, 0.29) is 25.7 Å². The Hall–Kier alpha value is -2.08. The molecule has 1 fully saturated rings. The Morgan fingerprint density at radius 3 is 3.00 bits per heavy atom. The summed E-state index contributed by atoms with van der Waals surface area (Å²) in [5.74, 6) is -0.638. The van der Waals surface area contributed by atoms with Crippen LogP contribution in [-0.2, 0) is 20.7 Å². The van der Waals surface area contributed by atoms with E-state index >= 15 is 0 Å². The monoisotopic (exact) mass is 293 g/mol. The van der Waals surface area contributed by atoms with Gasteiger partial charge in [-0.15, -0.1) is 0 Å². The van der Waals surface area contributed by atoms with Crippen LogP contribution < -0.4 is 4.74 Å². The minimum absolute atomic E-state index is 0.0620. The predicted octanol–water partition coefficient (Wildman–Crippen LogP) is 0.940. The Bertz CT molecular complexity index is 517. The fraction of sp³-hybridized carbons (Fsp3) is 0.467. The summed E-state index contributed by atoms with van der Waals surface area (Å²) in [5, 5.41) is 8.91. The molecule has 1 saturated heterocycles. The third kappa shape index (κ3) is 4.19. The number of aliphatic carboxylic acids is 1. The molecular weight excluding hydrogens is 274 g/mol. The molecule has 6 heteroatoms. The number of benzene rings is 1. The lowest BCUT2D eigenvalue weighted by molar-refractivity contribution is -0.159. The lowest BCUT2D eigenvalue weighted by Gasteiger charge is -2.30. The summed E-state index contributed by atoms with van der Waals surface area (Å²) < 4.78 is 10.6. The van der Waals surface area contributed by atoms with Crippen molar-refractivity contribution in [1.82, 2.24) is 4.90 Å². The zero-order valence-electron chi connectivity index (χ0n) is 11.9. The van der Waals surface area contributed by atoms with Crippen molar-refractivity contribution in [2.75, 3.05) is 26.3 Å². The first-order chi connectivity index (χ1) is 10.1. The van der Waals surface area contributed by atoms with Crippen LogP contribution in [0.15, 0.2) is 24.3 Å². The highest BCUT2D eigenvalue weighted by Gasteiger charge is 2.28. The number of aryl methyl sites for hydroxylation is 1. The van der Waals surface area contributed by atoms with Gasteiger partial charge in [0, 0.05) is 6.54 Å². The van der Waals surface area contributed by atoms with Crippen LogP contribution in [0.25, 0.3) is 0 Å². The molecule has 114 valence electrons. The van der Waals surface area contributed by atoms with Gasteiger partial charge in [0.15, 0.2) is 12.7 Å². The van der Waals surface area contributed by atoms with Crippen LogP contribution in [0.1, 0.15) is 12.5 Å². The quantitative estimate of drug-likeness (QED) is 0.874. The van der Waals surface area contributed by atoms with E-state index in [1.54, 1.807) is 6.07 Å². The maximum Gasteiger partial charge on any atom is 0.334 e. The number of carbonyl (C=O) groups is 2. The normalized spacial score (nSPS) is 18.3. The third-order valence-corrected chi connectivity index (χ3v) is 3.36. The molecule has 6 nitrogen and oxygen atoms in total. The van der Waals surface area contributed by atoms with Crippen molar-refractivity contribution in [3.05, 3.63) is 29.8 Å². The summed E-state index contributed by atoms with van der Waals surface area (Å²) in [5.41, 5.74) is 1.14. The second-order valence-electron chi connectivity index (χ2n) is 4.83. The van der Waals surface area contributed by atoms with Crippen molar-refractivity contribution in [2.45, 2.75) is 19.4 Å². The summed E-state index contributed by atoms with van der Waals surface area (Å²) in [6.07, 6.45) is -0.0549. The lowest BCUT2D eigenvalue weighted by Crippen LogP contribution is -2.49. The van der Waals surface area contributed by atoms with Gasteiger partial charge in [0.2, 0.25) is 0 Å². The number of morpholine rings is 1. The second kappa shape index (κ2) is 7.08. The second-order valence-corrected chi connectivity index (χ2v) is 4.83. The molecule has 1 aliphatic rings. The standard InChI is InChI=1S/C15H19NO5/c1-2-11-4-3-5-12(8-11)21-10-14(17)16-6-7-20-13(9-16)15(18)19/h3-5,8,13H,2,6-7,9-10H2,1H3,(H,18,19). The van der Waals surface area contributed by atoms with Crippen LogP contribution in [0.2, 0.25) is 0 Å². The first-order valence-corrected chi connectivity index (χ1v) is 6.94. The number of carbonyl (C=O) groups excluding carboxylic acids is 1. The number of hydrogen-bond donors (Lipinski definition) is 1. The Labute approximate surface area is 123 Å². The molecule has 1 N–H and O–H groups in total. The van der Waals surface area contributed by atoms with Crippen molar-refractivity contribution in [3.63, 3.8) is 0 Å². The zero-order chi connectivity index (χ0) is 15.2. The van der Waals surface area contributed by atoms with Gasteiger partial charge in [-0.05, 0) is 24.1 Å². The molecule has 2 rings (SSSR count). The van der Waals surface area contributed by atoms with Gasteiger partial charge in [-0.25, -0.2) is 4.79 Å². The van der Waals surface area contributed by atoms with Gasteiger partial charge in [-0.1, -0.05) is 19.1 Å². The van der Waals surface area contributed by atoms with Crippen LogP contribution >= 0.6 is 0 Å². The van der Waals surface area contributed by atoms with Gasteiger partial charge in [-0.2, -0.15) is 0 Å². The van der Waals surface area contributed by atoms with Gasteiger partial charge >= 0.3 is 5.97 Å². The molecule has 0 saturated carbocycles. The van der Waals surface area contributed by atoms with E-state index < -0.39 is 12.1 Å². The minimum Gasteiger partial charge on any atom is -0.484 e. The van der Waals surface area contributed by atoms with E-state index in [0.29, 0.717) is 12.3 Å². The minimum atomic E-state index is -1.05. The van der Waals surface area contributed by atoms with E-state index in [1.165, 1.54) is 4.90 Å². The molecule has 21 heavy (non-hydrogen) atoms. The van der Waals surface area contributed by atoms with Gasteiger partial charge in [-0.3, -0.25) is 4.79 Å². The molecule has 0 bridgehead atoms. The number of amides is 1. The zero-order valence-corrected chi connectivity index (χ0v) is 11.9. The molecule has 1 unspecified atom stereocenters. The topological polar surface area (TPSA) is 76.1 Å². The highest BCUT2D eigenvalue weighted by molar-refractivity contribution is 5.79. The van der Waals surface area contributed by atoms with Gasteiger partial charge in [0.05, 0.1) is 13.2 Å². The van der Waals surface area contributed by atoms with E-state index in [0.717, 1.165) is 12.0 Å². The van der Waals surface area contributed by atoms with Crippen LogP contribution in [-0.4, -0.2) is 54.3 Å². The largest absolute Gasteiger partial charge is 0.484 e. The van der Waals surface area contributed by atoms with Gasteiger partial charge < -0.3 is 19.5 Å². The Kier molecular flexibility index (Phi) is 5.16. The maximum atomic E-state index is 12.0. The lowest BCUT2D eigenvalue weighted by atomic mass is 10.2. The van der Waals surface area contributed by atoms with Crippen molar-refractivity contribution >= 4 is 11.9 Å². The van der Waals surface area contributed by atoms with E-state index in [4.69, 9.17) is 14.6 Å². The predicted molar refractivity (Wildman–Crippen MR) is 75.3 cm³/mol. The molecule has 0 aromatic heterocycles. The number of rotatable bonds is 5. The first kappa shape index (κ1) is 15.3. The first-order valence-electron chi connectivity index (χ1n) is 6.94. The third-order valence-electron chi connectivity index (χ3n) is 3.36. The number of ether oxygens (including phenoxy) is 2. The van der Waals surface area contributed by atoms with E-state index in [1.807, 2.05) is 25.1 Å². The summed E-state index contributed by atoms with van der Waals surface area (Å²) in [6, 6.07) is 7.57. The van der Waals surface area contributed by atoms with Crippen LogP contribution in [0.4, 0.5) is 0 Å². The molecule has 0 aliphatic carbocycles. The van der Waals surface area contributed by atoms with E-state index in [2.05, 4.69) is 0 Å². The van der Waals surface area contributed by atoms with Crippen LogP contribution in [0.5, 0.6) is 5.75 Å². The van der Waals surface area contributed by atoms with Gasteiger partial charge in [0.25, 0.3) is 5.91 Å². The van der Waals surface area contributed by atoms with E-state index in [9.17, 15) is 9.59 Å². The molecule has 0 radical (unpaired) electrons. The fourth-order valence-electron chi connectivity index (χ4n) is 2.12. The molecule has 1 heterocycles. The summed E-state index contributed by atoms with van der Waals surface area (Å²) >= 11 is 0. The Balaban J connectivity index is 1.87. The van der Waals surface area contributed by atoms with Crippen molar-refractivity contribution in [3.8, 4) is 5.75 Å². The molecule has 1 aromatic rings. The average molecular weight is 293 g/mol. The Morgan fingerprint density at radius 1 is 1.48 bits per heavy atom. The number of hydrogen-bond acceptors (Lipinski definition) is 4.